The maximum atomic E-state index is 12.4. The van der Waals surface area contributed by atoms with Crippen LogP contribution in [-0.4, -0.2) is 50.9 Å². The monoisotopic (exact) mass is 351 g/mol. The number of carbonyl (C=O) groups excluding carboxylic acids is 1. The first-order chi connectivity index (χ1) is 9.75. The number of hydrogen-bond acceptors (Lipinski definition) is 4. The van der Waals surface area contributed by atoms with E-state index >= 15 is 0 Å². The smallest absolute Gasteiger partial charge is 0.253 e. The Bertz CT molecular complexity index is 652. The molecule has 0 N–H and O–H groups in total. The third-order valence-electron chi connectivity index (χ3n) is 3.53. The van der Waals surface area contributed by atoms with Crippen LogP contribution in [0.1, 0.15) is 16.8 Å². The average molecular weight is 352 g/mol. The summed E-state index contributed by atoms with van der Waals surface area (Å²) in [5, 5.41) is 0.474. The van der Waals surface area contributed by atoms with E-state index in [0.717, 1.165) is 0 Å². The molecule has 0 aromatic heterocycles. The number of nitrogens with zero attached hydrogens (tertiary/aromatic N) is 1. The van der Waals surface area contributed by atoms with Crippen molar-refractivity contribution in [1.82, 2.24) is 4.90 Å². The molecule has 1 fully saturated rings. The predicted octanol–water partition coefficient (Wildman–Crippen LogP) is 2.26. The lowest BCUT2D eigenvalue weighted by atomic mass is 10.1. The highest BCUT2D eigenvalue weighted by molar-refractivity contribution is 7.91. The summed E-state index contributed by atoms with van der Waals surface area (Å²) < 4.78 is 28.0. The fraction of sp³-hybridized carbons (Fsp3) is 0.462. The van der Waals surface area contributed by atoms with Crippen molar-refractivity contribution in [2.24, 2.45) is 0 Å². The molecule has 1 aromatic rings. The van der Waals surface area contributed by atoms with Crippen molar-refractivity contribution in [2.75, 3.05) is 25.7 Å². The number of carbonyl (C=O) groups is 1. The van der Waals surface area contributed by atoms with Crippen LogP contribution >= 0.6 is 23.2 Å². The number of amides is 1. The molecule has 5 nitrogen and oxygen atoms in total. The largest absolute Gasteiger partial charge is 0.494 e. The van der Waals surface area contributed by atoms with E-state index in [1.165, 1.54) is 24.1 Å². The lowest BCUT2D eigenvalue weighted by Gasteiger charge is -2.23. The van der Waals surface area contributed by atoms with Crippen LogP contribution in [0.5, 0.6) is 5.75 Å². The van der Waals surface area contributed by atoms with Crippen molar-refractivity contribution in [2.45, 2.75) is 12.5 Å². The first-order valence-electron chi connectivity index (χ1n) is 6.26. The Labute approximate surface area is 133 Å². The molecule has 1 atom stereocenters. The molecule has 116 valence electrons. The summed E-state index contributed by atoms with van der Waals surface area (Å²) in [7, 11) is -0.0314. The van der Waals surface area contributed by atoms with Crippen LogP contribution < -0.4 is 4.74 Å². The summed E-state index contributed by atoms with van der Waals surface area (Å²) >= 11 is 12.0. The van der Waals surface area contributed by atoms with Crippen LogP contribution in [0.3, 0.4) is 0 Å². The molecular formula is C13H15Cl2NO4S. The number of hydrogen-bond donors (Lipinski definition) is 0. The normalized spacial score (nSPS) is 20.3. The summed E-state index contributed by atoms with van der Waals surface area (Å²) in [6.07, 6.45) is 0.447. The topological polar surface area (TPSA) is 63.7 Å². The summed E-state index contributed by atoms with van der Waals surface area (Å²) in [6, 6.07) is 2.62. The second-order valence-corrected chi connectivity index (χ2v) is 7.99. The lowest BCUT2D eigenvalue weighted by molar-refractivity contribution is 0.0747. The lowest BCUT2D eigenvalue weighted by Crippen LogP contribution is -2.37. The Balaban J connectivity index is 2.24. The summed E-state index contributed by atoms with van der Waals surface area (Å²) in [6.45, 7) is 0. The van der Waals surface area contributed by atoms with Gasteiger partial charge in [-0.15, -0.1) is 0 Å². The van der Waals surface area contributed by atoms with Gasteiger partial charge in [-0.2, -0.15) is 0 Å². The van der Waals surface area contributed by atoms with Gasteiger partial charge in [-0.05, 0) is 18.6 Å². The number of rotatable bonds is 3. The van der Waals surface area contributed by atoms with Crippen molar-refractivity contribution < 1.29 is 17.9 Å². The molecule has 1 heterocycles. The van der Waals surface area contributed by atoms with Gasteiger partial charge in [-0.1, -0.05) is 23.2 Å². The van der Waals surface area contributed by atoms with E-state index in [-0.39, 0.29) is 33.5 Å². The van der Waals surface area contributed by atoms with Gasteiger partial charge in [0.25, 0.3) is 5.91 Å². The van der Waals surface area contributed by atoms with Gasteiger partial charge in [0.1, 0.15) is 0 Å². The zero-order valence-corrected chi connectivity index (χ0v) is 13.9. The van der Waals surface area contributed by atoms with Gasteiger partial charge < -0.3 is 9.64 Å². The number of ether oxygens (including phenoxy) is 1. The first kappa shape index (κ1) is 16.4. The highest BCUT2D eigenvalue weighted by Crippen LogP contribution is 2.34. The molecular weight excluding hydrogens is 337 g/mol. The van der Waals surface area contributed by atoms with Crippen LogP contribution in [-0.2, 0) is 9.84 Å². The van der Waals surface area contributed by atoms with E-state index in [1.807, 2.05) is 0 Å². The molecule has 1 saturated heterocycles. The highest BCUT2D eigenvalue weighted by atomic mass is 35.5. The standard InChI is InChI=1S/C13H15Cl2NO4S/c1-16(9-3-4-21(18,19)7-9)13(17)8-5-10(14)12(20-2)11(15)6-8/h5-6,9H,3-4,7H2,1-2H3/t9-/m1/s1. The molecule has 0 radical (unpaired) electrons. The minimum absolute atomic E-state index is 0.00708. The Morgan fingerprint density at radius 3 is 2.33 bits per heavy atom. The molecule has 1 aromatic carbocycles. The van der Waals surface area contributed by atoms with Crippen LogP contribution in [0.25, 0.3) is 0 Å². The maximum absolute atomic E-state index is 12.4. The SMILES string of the molecule is COc1c(Cl)cc(C(=O)N(C)[C@@H]2CCS(=O)(=O)C2)cc1Cl. The number of halogens is 2. The minimum Gasteiger partial charge on any atom is -0.494 e. The summed E-state index contributed by atoms with van der Waals surface area (Å²) in [5.74, 6) is 0.0938. The van der Waals surface area contributed by atoms with Gasteiger partial charge in [0, 0.05) is 18.7 Å². The van der Waals surface area contributed by atoms with Crippen LogP contribution in [0.2, 0.25) is 10.0 Å². The minimum atomic E-state index is -3.05. The molecule has 1 aliphatic rings. The summed E-state index contributed by atoms with van der Waals surface area (Å²) in [4.78, 5) is 13.8. The molecule has 8 heteroatoms. The van der Waals surface area contributed by atoms with Gasteiger partial charge in [-0.25, -0.2) is 8.42 Å². The molecule has 1 amide bonds. The zero-order valence-electron chi connectivity index (χ0n) is 11.6. The molecule has 0 bridgehead atoms. The van der Waals surface area contributed by atoms with E-state index in [4.69, 9.17) is 27.9 Å². The Hall–Kier alpha value is -0.980. The third-order valence-corrected chi connectivity index (χ3v) is 5.84. The number of sulfone groups is 1. The third kappa shape index (κ3) is 3.44. The van der Waals surface area contributed by atoms with Gasteiger partial charge in [-0.3, -0.25) is 4.79 Å². The van der Waals surface area contributed by atoms with E-state index in [2.05, 4.69) is 0 Å². The van der Waals surface area contributed by atoms with E-state index in [9.17, 15) is 13.2 Å². The average Bonchev–Trinajstić information content (AvgIpc) is 2.77. The van der Waals surface area contributed by atoms with E-state index < -0.39 is 9.84 Å². The predicted molar refractivity (Wildman–Crippen MR) is 82.2 cm³/mol. The molecule has 0 aliphatic carbocycles. The number of benzene rings is 1. The van der Waals surface area contributed by atoms with Crippen molar-refractivity contribution >= 4 is 38.9 Å². The molecule has 0 saturated carbocycles. The Morgan fingerprint density at radius 1 is 1.33 bits per heavy atom. The van der Waals surface area contributed by atoms with E-state index in [0.29, 0.717) is 17.7 Å². The quantitative estimate of drug-likeness (QED) is 0.837. The zero-order chi connectivity index (χ0) is 15.8. The second kappa shape index (κ2) is 6.02. The van der Waals surface area contributed by atoms with Crippen LogP contribution in [0, 0.1) is 0 Å². The highest BCUT2D eigenvalue weighted by Gasteiger charge is 2.33. The van der Waals surface area contributed by atoms with Crippen molar-refractivity contribution in [3.05, 3.63) is 27.7 Å². The fourth-order valence-electron chi connectivity index (χ4n) is 2.33. The Kier molecular flexibility index (Phi) is 4.70. The maximum Gasteiger partial charge on any atom is 0.253 e. The van der Waals surface area contributed by atoms with Gasteiger partial charge in [0.15, 0.2) is 15.6 Å². The fourth-order valence-corrected chi connectivity index (χ4v) is 4.74. The van der Waals surface area contributed by atoms with E-state index in [1.54, 1.807) is 7.05 Å². The van der Waals surface area contributed by atoms with Crippen LogP contribution in [0.15, 0.2) is 12.1 Å². The molecule has 1 aliphatic heterocycles. The summed E-state index contributed by atoms with van der Waals surface area (Å²) in [5.41, 5.74) is 0.303. The molecule has 0 unspecified atom stereocenters. The second-order valence-electron chi connectivity index (χ2n) is 4.95. The van der Waals surface area contributed by atoms with Gasteiger partial charge in [0.05, 0.1) is 28.7 Å². The van der Waals surface area contributed by atoms with Crippen molar-refractivity contribution in [3.63, 3.8) is 0 Å². The van der Waals surface area contributed by atoms with Crippen molar-refractivity contribution in [1.29, 1.82) is 0 Å². The number of methoxy groups -OCH3 is 1. The molecule has 2 rings (SSSR count). The van der Waals surface area contributed by atoms with Gasteiger partial charge >= 0.3 is 0 Å². The molecule has 0 spiro atoms. The Morgan fingerprint density at radius 2 is 1.90 bits per heavy atom. The van der Waals surface area contributed by atoms with Crippen molar-refractivity contribution in [3.8, 4) is 5.75 Å². The van der Waals surface area contributed by atoms with Crippen LogP contribution in [0.4, 0.5) is 0 Å². The molecule has 21 heavy (non-hydrogen) atoms. The van der Waals surface area contributed by atoms with Gasteiger partial charge in [0.2, 0.25) is 0 Å². The first-order valence-corrected chi connectivity index (χ1v) is 8.83.